The minimum Gasteiger partial charge on any atom is -0.464 e. The van der Waals surface area contributed by atoms with E-state index in [0.717, 1.165) is 6.26 Å². The Morgan fingerprint density at radius 1 is 1.37 bits per heavy atom. The Balaban J connectivity index is 0. The van der Waals surface area contributed by atoms with E-state index in [1.165, 1.54) is 31.3 Å². The SMILES string of the molecule is CC.CCC.COC(=O)c1cc(S(C)(=O)=O)nn1C. The van der Waals surface area contributed by atoms with Gasteiger partial charge in [-0.25, -0.2) is 13.2 Å². The van der Waals surface area contributed by atoms with Crippen LogP contribution in [0.1, 0.15) is 44.6 Å². The fourth-order valence-corrected chi connectivity index (χ4v) is 1.51. The van der Waals surface area contributed by atoms with E-state index in [2.05, 4.69) is 23.7 Å². The van der Waals surface area contributed by atoms with Gasteiger partial charge in [0.25, 0.3) is 0 Å². The van der Waals surface area contributed by atoms with Crippen LogP contribution in [0.2, 0.25) is 0 Å². The molecule has 7 heteroatoms. The topological polar surface area (TPSA) is 78.3 Å². The summed E-state index contributed by atoms with van der Waals surface area (Å²) in [4.78, 5) is 11.1. The molecule has 0 amide bonds. The fourth-order valence-electron chi connectivity index (χ4n) is 0.918. The second-order valence-corrected chi connectivity index (χ2v) is 5.42. The molecular formula is C12H24N2O4S. The van der Waals surface area contributed by atoms with Crippen LogP contribution in [0.25, 0.3) is 0 Å². The van der Waals surface area contributed by atoms with Crippen molar-refractivity contribution in [2.24, 2.45) is 7.05 Å². The van der Waals surface area contributed by atoms with Crippen LogP contribution in [0, 0.1) is 0 Å². The van der Waals surface area contributed by atoms with E-state index in [9.17, 15) is 13.2 Å². The summed E-state index contributed by atoms with van der Waals surface area (Å²) < 4.78 is 27.8. The van der Waals surface area contributed by atoms with Gasteiger partial charge in [0, 0.05) is 19.4 Å². The van der Waals surface area contributed by atoms with E-state index in [1.54, 1.807) is 0 Å². The molecule has 1 rings (SSSR count). The van der Waals surface area contributed by atoms with Gasteiger partial charge in [-0.05, 0) is 0 Å². The van der Waals surface area contributed by atoms with Gasteiger partial charge in [-0.2, -0.15) is 5.10 Å². The first-order chi connectivity index (χ1) is 8.77. The molecule has 1 aromatic rings. The summed E-state index contributed by atoms with van der Waals surface area (Å²) in [6.07, 6.45) is 2.27. The van der Waals surface area contributed by atoms with E-state index < -0.39 is 15.8 Å². The summed E-state index contributed by atoms with van der Waals surface area (Å²) in [5.41, 5.74) is 0.105. The minimum atomic E-state index is -3.39. The van der Waals surface area contributed by atoms with E-state index in [1.807, 2.05) is 13.8 Å². The third kappa shape index (κ3) is 6.95. The highest BCUT2D eigenvalue weighted by Crippen LogP contribution is 2.09. The van der Waals surface area contributed by atoms with Crippen molar-refractivity contribution in [3.63, 3.8) is 0 Å². The van der Waals surface area contributed by atoms with Crippen LogP contribution in [0.15, 0.2) is 11.1 Å². The fraction of sp³-hybridized carbons (Fsp3) is 0.667. The minimum absolute atomic E-state index is 0.105. The van der Waals surface area contributed by atoms with Crippen molar-refractivity contribution in [3.8, 4) is 0 Å². The lowest BCUT2D eigenvalue weighted by atomic mass is 10.4. The van der Waals surface area contributed by atoms with E-state index in [0.29, 0.717) is 0 Å². The number of aromatic nitrogens is 2. The predicted molar refractivity (Wildman–Crippen MR) is 75.0 cm³/mol. The van der Waals surface area contributed by atoms with Gasteiger partial charge in [-0.3, -0.25) is 4.68 Å². The van der Waals surface area contributed by atoms with Crippen LogP contribution in [0.3, 0.4) is 0 Å². The van der Waals surface area contributed by atoms with Gasteiger partial charge in [0.1, 0.15) is 5.69 Å². The quantitative estimate of drug-likeness (QED) is 0.780. The first kappa shape index (κ1) is 20.0. The number of hydrogen-bond donors (Lipinski definition) is 0. The molecule has 0 saturated heterocycles. The van der Waals surface area contributed by atoms with Gasteiger partial charge in [0.05, 0.1) is 7.11 Å². The second-order valence-electron chi connectivity index (χ2n) is 3.46. The molecular weight excluding hydrogens is 268 g/mol. The molecule has 0 atom stereocenters. The molecule has 0 N–H and O–H groups in total. The molecule has 19 heavy (non-hydrogen) atoms. The molecule has 0 aliphatic rings. The maximum Gasteiger partial charge on any atom is 0.356 e. The Kier molecular flexibility index (Phi) is 10.0. The molecule has 112 valence electrons. The lowest BCUT2D eigenvalue weighted by Crippen LogP contribution is -2.08. The maximum absolute atomic E-state index is 11.1. The molecule has 0 spiro atoms. The monoisotopic (exact) mass is 292 g/mol. The molecule has 0 bridgehead atoms. The van der Waals surface area contributed by atoms with Crippen LogP contribution >= 0.6 is 0 Å². The summed E-state index contributed by atoms with van der Waals surface area (Å²) in [6.45, 7) is 8.25. The lowest BCUT2D eigenvalue weighted by Gasteiger charge is -1.96. The Morgan fingerprint density at radius 2 is 1.79 bits per heavy atom. The highest BCUT2D eigenvalue weighted by atomic mass is 32.2. The first-order valence-corrected chi connectivity index (χ1v) is 7.99. The van der Waals surface area contributed by atoms with Gasteiger partial charge in [0.2, 0.25) is 0 Å². The molecule has 0 radical (unpaired) electrons. The van der Waals surface area contributed by atoms with Crippen molar-refractivity contribution in [1.82, 2.24) is 9.78 Å². The molecule has 0 unspecified atom stereocenters. The highest BCUT2D eigenvalue weighted by Gasteiger charge is 2.18. The van der Waals surface area contributed by atoms with Crippen LogP contribution in [-0.2, 0) is 21.6 Å². The number of aryl methyl sites for hydroxylation is 1. The average molecular weight is 292 g/mol. The summed E-state index contributed by atoms with van der Waals surface area (Å²) in [7, 11) is -0.695. The Bertz CT molecular complexity index is 478. The van der Waals surface area contributed by atoms with E-state index in [-0.39, 0.29) is 10.7 Å². The number of rotatable bonds is 2. The van der Waals surface area contributed by atoms with Gasteiger partial charge >= 0.3 is 5.97 Å². The standard InChI is InChI=1S/C7H10N2O4S.C3H8.C2H6/c1-9-5(7(10)13-2)4-6(8-9)14(3,11)12;1-3-2;1-2/h4H,1-3H3;3H2,1-2H3;1-2H3. The number of carbonyl (C=O) groups excluding carboxylic acids is 1. The summed E-state index contributed by atoms with van der Waals surface area (Å²) >= 11 is 0. The van der Waals surface area contributed by atoms with Gasteiger partial charge in [-0.15, -0.1) is 0 Å². The predicted octanol–water partition coefficient (Wildman–Crippen LogP) is 2.05. The number of nitrogens with zero attached hydrogens (tertiary/aromatic N) is 2. The Hall–Kier alpha value is -1.37. The average Bonchev–Trinajstić information content (AvgIpc) is 2.74. The zero-order valence-electron chi connectivity index (χ0n) is 12.7. The molecule has 0 saturated carbocycles. The Morgan fingerprint density at radius 3 is 2.05 bits per heavy atom. The number of esters is 1. The highest BCUT2D eigenvalue weighted by molar-refractivity contribution is 7.90. The number of sulfone groups is 1. The summed E-state index contributed by atoms with van der Waals surface area (Å²) in [6, 6.07) is 1.18. The third-order valence-electron chi connectivity index (χ3n) is 1.63. The lowest BCUT2D eigenvalue weighted by molar-refractivity contribution is 0.0588. The number of ether oxygens (including phenoxy) is 1. The molecule has 0 fully saturated rings. The zero-order chi connectivity index (χ0) is 15.6. The van der Waals surface area contributed by atoms with Crippen molar-refractivity contribution in [3.05, 3.63) is 11.8 Å². The van der Waals surface area contributed by atoms with E-state index in [4.69, 9.17) is 0 Å². The molecule has 0 aliphatic heterocycles. The normalized spacial score (nSPS) is 9.63. The van der Waals surface area contributed by atoms with Crippen LogP contribution in [0.5, 0.6) is 0 Å². The van der Waals surface area contributed by atoms with Crippen molar-refractivity contribution in [2.45, 2.75) is 39.1 Å². The van der Waals surface area contributed by atoms with Crippen LogP contribution < -0.4 is 0 Å². The smallest absolute Gasteiger partial charge is 0.356 e. The van der Waals surface area contributed by atoms with Crippen molar-refractivity contribution < 1.29 is 17.9 Å². The molecule has 0 aliphatic carbocycles. The number of hydrogen-bond acceptors (Lipinski definition) is 5. The number of methoxy groups -OCH3 is 1. The van der Waals surface area contributed by atoms with Gasteiger partial charge in [-0.1, -0.05) is 34.1 Å². The van der Waals surface area contributed by atoms with Crippen molar-refractivity contribution >= 4 is 15.8 Å². The summed E-state index contributed by atoms with van der Waals surface area (Å²) in [5.74, 6) is -0.616. The van der Waals surface area contributed by atoms with Crippen LogP contribution in [-0.4, -0.2) is 37.5 Å². The first-order valence-electron chi connectivity index (χ1n) is 6.10. The molecule has 0 aromatic carbocycles. The molecule has 1 heterocycles. The molecule has 1 aromatic heterocycles. The van der Waals surface area contributed by atoms with Crippen molar-refractivity contribution in [2.75, 3.05) is 13.4 Å². The summed E-state index contributed by atoms with van der Waals surface area (Å²) in [5, 5.41) is 3.54. The van der Waals surface area contributed by atoms with Crippen molar-refractivity contribution in [1.29, 1.82) is 0 Å². The zero-order valence-corrected chi connectivity index (χ0v) is 13.5. The van der Waals surface area contributed by atoms with E-state index >= 15 is 0 Å². The van der Waals surface area contributed by atoms with Crippen LogP contribution in [0.4, 0.5) is 0 Å². The largest absolute Gasteiger partial charge is 0.464 e. The van der Waals surface area contributed by atoms with Gasteiger partial charge < -0.3 is 4.74 Å². The third-order valence-corrected chi connectivity index (χ3v) is 2.59. The Labute approximate surface area is 115 Å². The second kappa shape index (κ2) is 9.55. The van der Waals surface area contributed by atoms with Gasteiger partial charge in [0.15, 0.2) is 14.9 Å². The maximum atomic E-state index is 11.1. The molecule has 6 nitrogen and oxygen atoms in total. The number of carbonyl (C=O) groups is 1.